The van der Waals surface area contributed by atoms with Gasteiger partial charge in [-0.1, -0.05) is 83.3 Å². The molecular weight excluding hydrogens is 346 g/mol. The van der Waals surface area contributed by atoms with Crippen LogP contribution in [0.4, 0.5) is 0 Å². The summed E-state index contributed by atoms with van der Waals surface area (Å²) in [5.41, 5.74) is 0. The van der Waals surface area contributed by atoms with E-state index in [9.17, 15) is 8.42 Å². The average molecular weight is 390 g/mol. The van der Waals surface area contributed by atoms with E-state index in [1.54, 1.807) is 0 Å². The second-order valence-electron chi connectivity index (χ2n) is 7.33. The fraction of sp³-hybridized carbons (Fsp3) is 0.905. The van der Waals surface area contributed by atoms with E-state index in [0.29, 0.717) is 6.54 Å². The summed E-state index contributed by atoms with van der Waals surface area (Å²) in [6.45, 7) is 3.43. The van der Waals surface area contributed by atoms with Gasteiger partial charge >= 0.3 is 0 Å². The Morgan fingerprint density at radius 3 is 1.65 bits per heavy atom. The largest absolute Gasteiger partial charge is 0.316 e. The van der Waals surface area contributed by atoms with Gasteiger partial charge in [0.2, 0.25) is 0 Å². The van der Waals surface area contributed by atoms with Crippen LogP contribution in [0, 0.1) is 0 Å². The first kappa shape index (κ1) is 25.6. The van der Waals surface area contributed by atoms with E-state index in [4.69, 9.17) is 4.55 Å². The third-order valence-corrected chi connectivity index (χ3v) is 5.37. The van der Waals surface area contributed by atoms with Crippen LogP contribution >= 0.6 is 0 Å². The van der Waals surface area contributed by atoms with Gasteiger partial charge in [0.1, 0.15) is 0 Å². The van der Waals surface area contributed by atoms with Crippen molar-refractivity contribution in [2.75, 3.05) is 18.8 Å². The van der Waals surface area contributed by atoms with Crippen molar-refractivity contribution in [3.63, 3.8) is 0 Å². The first-order valence-electron chi connectivity index (χ1n) is 10.9. The summed E-state index contributed by atoms with van der Waals surface area (Å²) in [6, 6.07) is 0. The molecule has 0 atom stereocenters. The summed E-state index contributed by atoms with van der Waals surface area (Å²) in [6.07, 6.45) is 24.3. The first-order chi connectivity index (χ1) is 12.6. The number of rotatable bonds is 20. The topological polar surface area (TPSA) is 66.4 Å². The van der Waals surface area contributed by atoms with Crippen LogP contribution in [0.15, 0.2) is 12.2 Å². The Morgan fingerprint density at radius 1 is 0.692 bits per heavy atom. The Labute approximate surface area is 163 Å². The summed E-state index contributed by atoms with van der Waals surface area (Å²) in [5.74, 6) is -0.195. The Balaban J connectivity index is 3.12. The van der Waals surface area contributed by atoms with Crippen molar-refractivity contribution in [3.8, 4) is 0 Å². The minimum atomic E-state index is -3.82. The fourth-order valence-electron chi connectivity index (χ4n) is 3.00. The molecule has 0 aromatic rings. The van der Waals surface area contributed by atoms with Crippen molar-refractivity contribution in [2.45, 2.75) is 103 Å². The highest BCUT2D eigenvalue weighted by molar-refractivity contribution is 7.85. The maximum Gasteiger partial charge on any atom is 0.266 e. The highest BCUT2D eigenvalue weighted by Gasteiger charge is 2.02. The van der Waals surface area contributed by atoms with Crippen LogP contribution < -0.4 is 5.32 Å². The van der Waals surface area contributed by atoms with Gasteiger partial charge in [0, 0.05) is 6.54 Å². The fourth-order valence-corrected chi connectivity index (χ4v) is 3.40. The molecule has 0 aliphatic carbocycles. The molecule has 2 N–H and O–H groups in total. The molecule has 0 spiro atoms. The molecule has 0 saturated heterocycles. The molecule has 0 fully saturated rings. The van der Waals surface area contributed by atoms with Gasteiger partial charge in [0.05, 0.1) is 5.75 Å². The molecule has 0 aliphatic rings. The SMILES string of the molecule is CCCCCCCCCC=CCCCCCCCCNCCS(=O)(=O)O. The van der Waals surface area contributed by atoms with Crippen LogP contribution in [-0.4, -0.2) is 31.8 Å². The molecule has 0 aromatic heterocycles. The maximum absolute atomic E-state index is 10.5. The molecule has 26 heavy (non-hydrogen) atoms. The highest BCUT2D eigenvalue weighted by atomic mass is 32.2. The van der Waals surface area contributed by atoms with Crippen molar-refractivity contribution >= 4 is 10.1 Å². The smallest absolute Gasteiger partial charge is 0.266 e. The zero-order valence-corrected chi connectivity index (χ0v) is 17.9. The van der Waals surface area contributed by atoms with E-state index >= 15 is 0 Å². The Kier molecular flexibility index (Phi) is 19.1. The molecule has 0 heterocycles. The van der Waals surface area contributed by atoms with Crippen LogP contribution in [0.3, 0.4) is 0 Å². The normalized spacial score (nSPS) is 12.2. The van der Waals surface area contributed by atoms with Gasteiger partial charge in [-0.15, -0.1) is 0 Å². The first-order valence-corrected chi connectivity index (χ1v) is 12.5. The van der Waals surface area contributed by atoms with Crippen LogP contribution in [0.5, 0.6) is 0 Å². The minimum Gasteiger partial charge on any atom is -0.316 e. The lowest BCUT2D eigenvalue weighted by atomic mass is 10.1. The summed E-state index contributed by atoms with van der Waals surface area (Å²) in [5, 5.41) is 3.05. The van der Waals surface area contributed by atoms with Crippen LogP contribution in [-0.2, 0) is 10.1 Å². The molecule has 0 rings (SSSR count). The number of allylic oxidation sites excluding steroid dienone is 2. The Hall–Kier alpha value is -0.390. The van der Waals surface area contributed by atoms with Crippen molar-refractivity contribution in [1.82, 2.24) is 5.32 Å². The molecule has 5 heteroatoms. The van der Waals surface area contributed by atoms with E-state index < -0.39 is 10.1 Å². The third kappa shape index (κ3) is 23.6. The van der Waals surface area contributed by atoms with Crippen molar-refractivity contribution in [1.29, 1.82) is 0 Å². The lowest BCUT2D eigenvalue weighted by molar-refractivity contribution is 0.479. The van der Waals surface area contributed by atoms with Crippen LogP contribution in [0.25, 0.3) is 0 Å². The third-order valence-electron chi connectivity index (χ3n) is 4.65. The Morgan fingerprint density at radius 2 is 1.15 bits per heavy atom. The monoisotopic (exact) mass is 389 g/mol. The zero-order chi connectivity index (χ0) is 19.3. The van der Waals surface area contributed by atoms with Crippen molar-refractivity contribution < 1.29 is 13.0 Å². The number of unbranched alkanes of at least 4 members (excludes halogenated alkanes) is 13. The second-order valence-corrected chi connectivity index (χ2v) is 8.90. The number of hydrogen-bond acceptors (Lipinski definition) is 3. The van der Waals surface area contributed by atoms with Crippen LogP contribution in [0.2, 0.25) is 0 Å². The summed E-state index contributed by atoms with van der Waals surface area (Å²) >= 11 is 0. The van der Waals surface area contributed by atoms with Gasteiger partial charge in [-0.25, -0.2) is 0 Å². The Bertz CT molecular complexity index is 407. The lowest BCUT2D eigenvalue weighted by Crippen LogP contribution is -2.23. The zero-order valence-electron chi connectivity index (χ0n) is 17.1. The predicted octanol–water partition coefficient (Wildman–Crippen LogP) is 5.89. The van der Waals surface area contributed by atoms with Crippen LogP contribution in [0.1, 0.15) is 103 Å². The molecule has 4 nitrogen and oxygen atoms in total. The van der Waals surface area contributed by atoms with Gasteiger partial charge in [-0.3, -0.25) is 4.55 Å². The van der Waals surface area contributed by atoms with Gasteiger partial charge < -0.3 is 5.32 Å². The van der Waals surface area contributed by atoms with Crippen molar-refractivity contribution in [2.24, 2.45) is 0 Å². The van der Waals surface area contributed by atoms with Gasteiger partial charge in [0.25, 0.3) is 10.1 Å². The van der Waals surface area contributed by atoms with E-state index in [0.717, 1.165) is 13.0 Å². The van der Waals surface area contributed by atoms with E-state index in [-0.39, 0.29) is 5.75 Å². The number of nitrogens with one attached hydrogen (secondary N) is 1. The molecule has 0 aromatic carbocycles. The molecule has 0 unspecified atom stereocenters. The summed E-state index contributed by atoms with van der Waals surface area (Å²) < 4.78 is 29.7. The molecular formula is C21H43NO3S. The maximum atomic E-state index is 10.5. The van der Waals surface area contributed by atoms with Crippen molar-refractivity contribution in [3.05, 3.63) is 12.2 Å². The molecule has 0 saturated carbocycles. The number of hydrogen-bond donors (Lipinski definition) is 2. The predicted molar refractivity (Wildman–Crippen MR) is 113 cm³/mol. The average Bonchev–Trinajstić information content (AvgIpc) is 2.59. The molecule has 0 aliphatic heterocycles. The molecule has 0 bridgehead atoms. The molecule has 156 valence electrons. The summed E-state index contributed by atoms with van der Waals surface area (Å²) in [4.78, 5) is 0. The quantitative estimate of drug-likeness (QED) is 0.155. The molecule has 0 amide bonds. The standard InChI is InChI=1S/C21H43NO3S/c1-2-3-4-5-6-7-8-9-10-11-12-13-14-15-16-17-18-19-22-20-21-26(23,24)25/h10-11,22H,2-9,12-21H2,1H3,(H,23,24,25). The molecule has 0 radical (unpaired) electrons. The van der Waals surface area contributed by atoms with E-state index in [2.05, 4.69) is 24.4 Å². The van der Waals surface area contributed by atoms with E-state index in [1.807, 2.05) is 0 Å². The lowest BCUT2D eigenvalue weighted by Gasteiger charge is -2.03. The minimum absolute atomic E-state index is 0.195. The van der Waals surface area contributed by atoms with Gasteiger partial charge in [-0.05, 0) is 38.6 Å². The second kappa shape index (κ2) is 19.4. The highest BCUT2D eigenvalue weighted by Crippen LogP contribution is 2.10. The van der Waals surface area contributed by atoms with Gasteiger partial charge in [-0.2, -0.15) is 8.42 Å². The van der Waals surface area contributed by atoms with Gasteiger partial charge in [0.15, 0.2) is 0 Å². The van der Waals surface area contributed by atoms with E-state index in [1.165, 1.54) is 89.9 Å². The summed E-state index contributed by atoms with van der Waals surface area (Å²) in [7, 11) is -3.82.